The van der Waals surface area contributed by atoms with E-state index in [0.29, 0.717) is 6.54 Å². The van der Waals surface area contributed by atoms with Crippen molar-refractivity contribution in [2.45, 2.75) is 0 Å². The van der Waals surface area contributed by atoms with Gasteiger partial charge in [-0.1, -0.05) is 0 Å². The van der Waals surface area contributed by atoms with Gasteiger partial charge in [0.1, 0.15) is 18.0 Å². The molecule has 0 aliphatic heterocycles. The molecule has 0 radical (unpaired) electrons. The van der Waals surface area contributed by atoms with Crippen LogP contribution in [0, 0.1) is 0 Å². The number of hydrogen-bond acceptors (Lipinski definition) is 5. The number of nitrogens with one attached hydrogen (secondary N) is 1. The molecule has 0 fully saturated rings. The number of rotatable bonds is 7. The Morgan fingerprint density at radius 1 is 1.53 bits per heavy atom. The molecule has 1 amide bonds. The Balaban J connectivity index is 2.41. The molecule has 1 rings (SSSR count). The van der Waals surface area contributed by atoms with Crippen molar-refractivity contribution in [3.63, 3.8) is 0 Å². The first-order valence-corrected chi connectivity index (χ1v) is 4.89. The zero-order valence-corrected chi connectivity index (χ0v) is 9.05. The second-order valence-electron chi connectivity index (χ2n) is 3.15. The summed E-state index contributed by atoms with van der Waals surface area (Å²) < 4.78 is 4.90. The lowest BCUT2D eigenvalue weighted by atomic mass is 10.2. The topological polar surface area (TPSA) is 115 Å². The van der Waals surface area contributed by atoms with E-state index in [1.165, 1.54) is 18.3 Å². The molecule has 7 heteroatoms. The van der Waals surface area contributed by atoms with Gasteiger partial charge in [-0.15, -0.1) is 0 Å². The number of aromatic carboxylic acids is 1. The van der Waals surface area contributed by atoms with Gasteiger partial charge < -0.3 is 20.9 Å². The highest BCUT2D eigenvalue weighted by Gasteiger charge is 2.09. The van der Waals surface area contributed by atoms with Gasteiger partial charge in [0.2, 0.25) is 5.91 Å². The van der Waals surface area contributed by atoms with E-state index < -0.39 is 11.9 Å². The monoisotopic (exact) mass is 239 g/mol. The number of primary amides is 1. The number of hydrogen-bond donors (Lipinski definition) is 3. The van der Waals surface area contributed by atoms with Crippen LogP contribution in [0.2, 0.25) is 0 Å². The molecule has 17 heavy (non-hydrogen) atoms. The average molecular weight is 239 g/mol. The van der Waals surface area contributed by atoms with Crippen LogP contribution in [-0.4, -0.2) is 41.7 Å². The van der Waals surface area contributed by atoms with Gasteiger partial charge in [0.15, 0.2) is 0 Å². The van der Waals surface area contributed by atoms with E-state index in [1.54, 1.807) is 0 Å². The van der Waals surface area contributed by atoms with Crippen molar-refractivity contribution in [3.05, 3.63) is 23.9 Å². The zero-order chi connectivity index (χ0) is 12.7. The van der Waals surface area contributed by atoms with Crippen molar-refractivity contribution in [3.8, 4) is 0 Å². The van der Waals surface area contributed by atoms with E-state index in [2.05, 4.69) is 10.3 Å². The molecule has 0 aliphatic carbocycles. The van der Waals surface area contributed by atoms with Crippen LogP contribution in [-0.2, 0) is 9.53 Å². The van der Waals surface area contributed by atoms with E-state index in [9.17, 15) is 9.59 Å². The summed E-state index contributed by atoms with van der Waals surface area (Å²) in [4.78, 5) is 25.1. The summed E-state index contributed by atoms with van der Waals surface area (Å²) in [5, 5.41) is 11.7. The van der Waals surface area contributed by atoms with Crippen molar-refractivity contribution in [1.82, 2.24) is 4.98 Å². The molecule has 1 heterocycles. The fraction of sp³-hybridized carbons (Fsp3) is 0.300. The summed E-state index contributed by atoms with van der Waals surface area (Å²) >= 11 is 0. The highest BCUT2D eigenvalue weighted by molar-refractivity contribution is 5.92. The maximum atomic E-state index is 10.8. The molecule has 0 saturated carbocycles. The number of pyridine rings is 1. The van der Waals surface area contributed by atoms with Crippen molar-refractivity contribution in [1.29, 1.82) is 0 Å². The number of nitrogens with two attached hydrogens (primary N) is 1. The number of carbonyl (C=O) groups is 2. The number of carboxylic acids is 1. The smallest absolute Gasteiger partial charge is 0.339 e. The first-order valence-electron chi connectivity index (χ1n) is 4.89. The molecule has 92 valence electrons. The van der Waals surface area contributed by atoms with Gasteiger partial charge in [-0.05, 0) is 12.1 Å². The summed E-state index contributed by atoms with van der Waals surface area (Å²) in [6.07, 6.45) is 1.49. The number of ether oxygens (including phenoxy) is 1. The maximum absolute atomic E-state index is 10.8. The van der Waals surface area contributed by atoms with Gasteiger partial charge in [-0.3, -0.25) is 4.79 Å². The summed E-state index contributed by atoms with van der Waals surface area (Å²) in [5.41, 5.74) is 4.96. The van der Waals surface area contributed by atoms with E-state index >= 15 is 0 Å². The molecule has 7 nitrogen and oxygen atoms in total. The summed E-state index contributed by atoms with van der Waals surface area (Å²) in [7, 11) is 0. The van der Waals surface area contributed by atoms with Gasteiger partial charge >= 0.3 is 5.97 Å². The Hall–Kier alpha value is -2.15. The number of carboxylic acid groups (broad SMARTS) is 1. The number of aromatic nitrogens is 1. The molecule has 1 aromatic heterocycles. The van der Waals surface area contributed by atoms with Gasteiger partial charge in [-0.25, -0.2) is 9.78 Å². The van der Waals surface area contributed by atoms with Crippen molar-refractivity contribution in [2.75, 3.05) is 25.1 Å². The van der Waals surface area contributed by atoms with Crippen LogP contribution in [0.25, 0.3) is 0 Å². The first kappa shape index (κ1) is 12.9. The number of nitrogens with zero attached hydrogens (tertiary/aromatic N) is 1. The van der Waals surface area contributed by atoms with Gasteiger partial charge in [-0.2, -0.15) is 0 Å². The standard InChI is InChI=1S/C10H13N3O4/c11-8(14)6-17-5-4-13-9-7(10(15)16)2-1-3-12-9/h1-3H,4-6H2,(H2,11,14)(H,12,13)(H,15,16). The third-order valence-corrected chi connectivity index (χ3v) is 1.82. The minimum Gasteiger partial charge on any atom is -0.478 e. The fourth-order valence-corrected chi connectivity index (χ4v) is 1.13. The van der Waals surface area contributed by atoms with Crippen molar-refractivity contribution < 1.29 is 19.4 Å². The average Bonchev–Trinajstić information content (AvgIpc) is 2.28. The maximum Gasteiger partial charge on any atom is 0.339 e. The summed E-state index contributed by atoms with van der Waals surface area (Å²) in [6.45, 7) is 0.416. The molecule has 0 bridgehead atoms. The Labute approximate surface area is 97.6 Å². The van der Waals surface area contributed by atoms with Crippen LogP contribution < -0.4 is 11.1 Å². The Morgan fingerprint density at radius 3 is 2.94 bits per heavy atom. The number of carbonyl (C=O) groups excluding carboxylic acids is 1. The van der Waals surface area contributed by atoms with Crippen LogP contribution in [0.15, 0.2) is 18.3 Å². The van der Waals surface area contributed by atoms with Crippen molar-refractivity contribution >= 4 is 17.7 Å². The third-order valence-electron chi connectivity index (χ3n) is 1.82. The van der Waals surface area contributed by atoms with Crippen LogP contribution in [0.3, 0.4) is 0 Å². The van der Waals surface area contributed by atoms with Gasteiger partial charge in [0, 0.05) is 12.7 Å². The lowest BCUT2D eigenvalue weighted by molar-refractivity contribution is -0.122. The lowest BCUT2D eigenvalue weighted by Gasteiger charge is -2.07. The Morgan fingerprint density at radius 2 is 2.29 bits per heavy atom. The Bertz CT molecular complexity index is 408. The fourth-order valence-electron chi connectivity index (χ4n) is 1.13. The number of anilines is 1. The second kappa shape index (κ2) is 6.44. The first-order chi connectivity index (χ1) is 8.11. The lowest BCUT2D eigenvalue weighted by Crippen LogP contribution is -2.21. The molecule has 0 spiro atoms. The molecular weight excluding hydrogens is 226 g/mol. The van der Waals surface area contributed by atoms with E-state index in [-0.39, 0.29) is 24.6 Å². The molecule has 0 saturated heterocycles. The molecule has 0 unspecified atom stereocenters. The summed E-state index contributed by atoms with van der Waals surface area (Å²) in [5.74, 6) is -1.34. The van der Waals surface area contributed by atoms with Crippen LogP contribution in [0.5, 0.6) is 0 Å². The molecule has 0 aromatic carbocycles. The second-order valence-corrected chi connectivity index (χ2v) is 3.15. The SMILES string of the molecule is NC(=O)COCCNc1ncccc1C(=O)O. The predicted octanol–water partition coefficient (Wildman–Crippen LogP) is -0.306. The molecule has 4 N–H and O–H groups in total. The molecule has 0 aliphatic rings. The van der Waals surface area contributed by atoms with E-state index in [4.69, 9.17) is 15.6 Å². The normalized spacial score (nSPS) is 9.88. The van der Waals surface area contributed by atoms with Crippen LogP contribution >= 0.6 is 0 Å². The van der Waals surface area contributed by atoms with Crippen molar-refractivity contribution in [2.24, 2.45) is 5.73 Å². The minimum absolute atomic E-state index is 0.0856. The van der Waals surface area contributed by atoms with E-state index in [0.717, 1.165) is 0 Å². The molecule has 0 atom stereocenters. The van der Waals surface area contributed by atoms with E-state index in [1.807, 2.05) is 0 Å². The highest BCUT2D eigenvalue weighted by atomic mass is 16.5. The predicted molar refractivity (Wildman–Crippen MR) is 59.7 cm³/mol. The van der Waals surface area contributed by atoms with Crippen LogP contribution in [0.4, 0.5) is 5.82 Å². The zero-order valence-electron chi connectivity index (χ0n) is 9.05. The largest absolute Gasteiger partial charge is 0.478 e. The third kappa shape index (κ3) is 4.47. The minimum atomic E-state index is -1.06. The quantitative estimate of drug-likeness (QED) is 0.562. The highest BCUT2D eigenvalue weighted by Crippen LogP contribution is 2.10. The van der Waals surface area contributed by atoms with Gasteiger partial charge in [0.05, 0.1) is 6.61 Å². The molecule has 1 aromatic rings. The van der Waals surface area contributed by atoms with Crippen LogP contribution in [0.1, 0.15) is 10.4 Å². The Kier molecular flexibility index (Phi) is 4.89. The summed E-state index contributed by atoms with van der Waals surface area (Å²) in [6, 6.07) is 2.99. The molecular formula is C10H13N3O4. The van der Waals surface area contributed by atoms with Gasteiger partial charge in [0.25, 0.3) is 0 Å². The number of amides is 1.